The van der Waals surface area contributed by atoms with Crippen molar-refractivity contribution in [2.24, 2.45) is 0 Å². The zero-order valence-electron chi connectivity index (χ0n) is 22.6. The number of imide groups is 2. The molecule has 200 valence electrons. The van der Waals surface area contributed by atoms with Gasteiger partial charge in [-0.3, -0.25) is 29.4 Å². The van der Waals surface area contributed by atoms with Gasteiger partial charge in [0.05, 0.1) is 27.7 Å². The summed E-state index contributed by atoms with van der Waals surface area (Å²) < 4.78 is 6.49. The first-order valence-electron chi connectivity index (χ1n) is 13.7. The Morgan fingerprint density at radius 3 is 1.68 bits per heavy atom. The van der Waals surface area contributed by atoms with Crippen LogP contribution in [0.1, 0.15) is 90.9 Å². The summed E-state index contributed by atoms with van der Waals surface area (Å²) in [5.41, 5.74) is 4.94. The van der Waals surface area contributed by atoms with E-state index in [1.165, 1.54) is 4.90 Å². The van der Waals surface area contributed by atoms with E-state index in [2.05, 4.69) is 29.6 Å². The lowest BCUT2D eigenvalue weighted by Gasteiger charge is -2.39. The molecule has 0 fully saturated rings. The quantitative estimate of drug-likeness (QED) is 0.279. The lowest BCUT2D eigenvalue weighted by Crippen LogP contribution is -2.47. The Morgan fingerprint density at radius 2 is 1.12 bits per heavy atom. The fourth-order valence-corrected chi connectivity index (χ4v) is 7.00. The third kappa shape index (κ3) is 2.73. The number of fused-ring (bicyclic) bond motifs is 11. The molecule has 0 saturated heterocycles. The van der Waals surface area contributed by atoms with E-state index in [0.29, 0.717) is 40.2 Å². The maximum atomic E-state index is 13.8. The lowest BCUT2D eigenvalue weighted by molar-refractivity contribution is 0.0473. The van der Waals surface area contributed by atoms with Gasteiger partial charge in [0, 0.05) is 16.7 Å². The van der Waals surface area contributed by atoms with Crippen molar-refractivity contribution >= 4 is 23.6 Å². The molecule has 8 rings (SSSR count). The van der Waals surface area contributed by atoms with Crippen molar-refractivity contribution in [3.8, 4) is 22.6 Å². The van der Waals surface area contributed by atoms with Gasteiger partial charge in [-0.1, -0.05) is 55.5 Å². The minimum Gasteiger partial charge on any atom is -0.457 e. The number of carbonyl (C=O) groups excluding carboxylic acids is 4. The van der Waals surface area contributed by atoms with Crippen LogP contribution >= 0.6 is 0 Å². The van der Waals surface area contributed by atoms with E-state index in [1.54, 1.807) is 24.3 Å². The first-order valence-corrected chi connectivity index (χ1v) is 13.7. The second kappa shape index (κ2) is 7.57. The van der Waals surface area contributed by atoms with Crippen molar-refractivity contribution in [1.29, 1.82) is 0 Å². The van der Waals surface area contributed by atoms with Gasteiger partial charge in [-0.15, -0.1) is 0 Å². The first-order chi connectivity index (χ1) is 19.7. The summed E-state index contributed by atoms with van der Waals surface area (Å²) in [6, 6.07) is 23.0. The van der Waals surface area contributed by atoms with Gasteiger partial charge in [-0.25, -0.2) is 0 Å². The van der Waals surface area contributed by atoms with Crippen LogP contribution in [0.2, 0.25) is 0 Å². The molecule has 0 saturated carbocycles. The molecule has 0 unspecified atom stereocenters. The molecule has 1 spiro atoms. The van der Waals surface area contributed by atoms with Gasteiger partial charge in [0.1, 0.15) is 11.5 Å². The van der Waals surface area contributed by atoms with Crippen LogP contribution in [-0.4, -0.2) is 34.1 Å². The third-order valence-corrected chi connectivity index (χ3v) is 9.27. The predicted octanol–water partition coefficient (Wildman–Crippen LogP) is 5.82. The molecule has 0 atom stereocenters. The number of benzene rings is 4. The monoisotopic (exact) mass is 540 g/mol. The molecule has 0 radical (unpaired) electrons. The SMILES string of the molecule is CCC(C)(C)N1C(=O)c2cc3c(cc2C1=O)C1(c2cc4c(cc2O3)C(=O)NC4=O)c2ccccc2-c2ccccc21. The number of hydrogen-bond donors (Lipinski definition) is 1. The standard InChI is InChI=1S/C34H24N2O5/c1-4-33(2,3)36-31(39)21-14-26-28(16-22(21)32(36)40)41-27-15-20-19(29(37)35-30(20)38)13-25(27)34(26)23-11-7-5-9-17(23)18-10-6-8-12-24(18)34/h5-16H,4H2,1-3H3,(H,35,37,38). The average molecular weight is 541 g/mol. The van der Waals surface area contributed by atoms with Gasteiger partial charge in [-0.05, 0) is 66.8 Å². The van der Waals surface area contributed by atoms with Crippen LogP contribution < -0.4 is 10.1 Å². The zero-order valence-corrected chi connectivity index (χ0v) is 22.6. The van der Waals surface area contributed by atoms with Gasteiger partial charge in [0.15, 0.2) is 0 Å². The van der Waals surface area contributed by atoms with Crippen LogP contribution in [0.15, 0.2) is 72.8 Å². The molecule has 4 amide bonds. The Balaban J connectivity index is 1.50. The minimum atomic E-state index is -0.955. The van der Waals surface area contributed by atoms with Crippen LogP contribution in [0.3, 0.4) is 0 Å². The maximum Gasteiger partial charge on any atom is 0.262 e. The molecule has 3 heterocycles. The van der Waals surface area contributed by atoms with Crippen molar-refractivity contribution < 1.29 is 23.9 Å². The van der Waals surface area contributed by atoms with Crippen LogP contribution in [0.25, 0.3) is 11.1 Å². The van der Waals surface area contributed by atoms with Crippen molar-refractivity contribution in [3.63, 3.8) is 0 Å². The highest BCUT2D eigenvalue weighted by Crippen LogP contribution is 2.63. The van der Waals surface area contributed by atoms with Crippen molar-refractivity contribution in [3.05, 3.63) is 117 Å². The molecule has 4 aliphatic rings. The van der Waals surface area contributed by atoms with Gasteiger partial charge in [-0.2, -0.15) is 0 Å². The molecule has 41 heavy (non-hydrogen) atoms. The van der Waals surface area contributed by atoms with Crippen LogP contribution in [-0.2, 0) is 5.41 Å². The maximum absolute atomic E-state index is 13.8. The summed E-state index contributed by atoms with van der Waals surface area (Å²) in [7, 11) is 0. The molecule has 0 aromatic heterocycles. The molecular formula is C34H24N2O5. The second-order valence-corrected chi connectivity index (χ2v) is 11.6. The van der Waals surface area contributed by atoms with E-state index in [4.69, 9.17) is 4.74 Å². The largest absolute Gasteiger partial charge is 0.457 e. The van der Waals surface area contributed by atoms with Gasteiger partial charge in [0.25, 0.3) is 23.6 Å². The molecule has 4 aromatic carbocycles. The van der Waals surface area contributed by atoms with Crippen molar-refractivity contribution in [2.75, 3.05) is 0 Å². The van der Waals surface area contributed by atoms with Gasteiger partial charge < -0.3 is 4.74 Å². The summed E-state index contributed by atoms with van der Waals surface area (Å²) in [4.78, 5) is 54.3. The first kappa shape index (κ1) is 23.8. The highest BCUT2D eigenvalue weighted by Gasteiger charge is 2.54. The molecule has 7 heteroatoms. The second-order valence-electron chi connectivity index (χ2n) is 11.6. The number of ether oxygens (including phenoxy) is 1. The topological polar surface area (TPSA) is 92.8 Å². The van der Waals surface area contributed by atoms with Crippen LogP contribution in [0.5, 0.6) is 11.5 Å². The smallest absolute Gasteiger partial charge is 0.262 e. The molecule has 1 N–H and O–H groups in total. The zero-order chi connectivity index (χ0) is 28.4. The highest BCUT2D eigenvalue weighted by molar-refractivity contribution is 6.23. The van der Waals surface area contributed by atoms with Crippen molar-refractivity contribution in [1.82, 2.24) is 10.2 Å². The number of hydrogen-bond acceptors (Lipinski definition) is 5. The number of rotatable bonds is 2. The number of amides is 4. The number of nitrogens with zero attached hydrogens (tertiary/aromatic N) is 1. The summed E-state index contributed by atoms with van der Waals surface area (Å²) in [6.07, 6.45) is 0.604. The van der Waals surface area contributed by atoms with E-state index in [0.717, 1.165) is 22.3 Å². The lowest BCUT2D eigenvalue weighted by atomic mass is 9.65. The number of nitrogens with one attached hydrogen (secondary N) is 1. The predicted molar refractivity (Wildman–Crippen MR) is 150 cm³/mol. The van der Waals surface area contributed by atoms with Gasteiger partial charge in [0.2, 0.25) is 0 Å². The summed E-state index contributed by atoms with van der Waals surface area (Å²) >= 11 is 0. The van der Waals surface area contributed by atoms with E-state index in [-0.39, 0.29) is 22.9 Å². The minimum absolute atomic E-state index is 0.246. The molecule has 3 aliphatic heterocycles. The summed E-state index contributed by atoms with van der Waals surface area (Å²) in [6.45, 7) is 5.72. The van der Waals surface area contributed by atoms with Gasteiger partial charge >= 0.3 is 0 Å². The summed E-state index contributed by atoms with van der Waals surface area (Å²) in [5.74, 6) is -0.760. The van der Waals surface area contributed by atoms with E-state index >= 15 is 0 Å². The van der Waals surface area contributed by atoms with Crippen LogP contribution in [0, 0.1) is 0 Å². The Kier molecular flexibility index (Phi) is 4.40. The fourth-order valence-electron chi connectivity index (χ4n) is 7.00. The molecule has 1 aliphatic carbocycles. The third-order valence-electron chi connectivity index (χ3n) is 9.27. The number of carbonyl (C=O) groups is 4. The molecule has 7 nitrogen and oxygen atoms in total. The van der Waals surface area contributed by atoms with Crippen molar-refractivity contribution in [2.45, 2.75) is 38.1 Å². The molecule has 0 bridgehead atoms. The Morgan fingerprint density at radius 1 is 0.659 bits per heavy atom. The average Bonchev–Trinajstić information content (AvgIpc) is 3.52. The van der Waals surface area contributed by atoms with Crippen LogP contribution in [0.4, 0.5) is 0 Å². The Bertz CT molecular complexity index is 1910. The fraction of sp³-hybridized carbons (Fsp3) is 0.176. The molecule has 4 aromatic rings. The Hall–Kier alpha value is -5.04. The normalized spacial score (nSPS) is 17.0. The van der Waals surface area contributed by atoms with E-state index < -0.39 is 22.8 Å². The Labute approximate surface area is 235 Å². The van der Waals surface area contributed by atoms with E-state index in [9.17, 15) is 19.2 Å². The molecular weight excluding hydrogens is 516 g/mol. The highest BCUT2D eigenvalue weighted by atomic mass is 16.5. The summed E-state index contributed by atoms with van der Waals surface area (Å²) in [5, 5.41) is 2.39. The van der Waals surface area contributed by atoms with E-state index in [1.807, 2.05) is 45.0 Å².